The van der Waals surface area contributed by atoms with Crippen molar-refractivity contribution in [3.05, 3.63) is 106 Å². The third-order valence-corrected chi connectivity index (χ3v) is 5.40. The van der Waals surface area contributed by atoms with Gasteiger partial charge in [0.05, 0.1) is 11.8 Å². The highest BCUT2D eigenvalue weighted by molar-refractivity contribution is 9.10. The molecule has 30 heavy (non-hydrogen) atoms. The molecule has 3 aromatic rings. The van der Waals surface area contributed by atoms with Crippen molar-refractivity contribution in [3.63, 3.8) is 0 Å². The fourth-order valence-corrected chi connectivity index (χ4v) is 3.64. The molecule has 1 radical (unpaired) electrons. The Kier molecular flexibility index (Phi) is 7.58. The van der Waals surface area contributed by atoms with E-state index in [9.17, 15) is 9.59 Å². The number of rotatable bonds is 8. The minimum atomic E-state index is -0.345. The summed E-state index contributed by atoms with van der Waals surface area (Å²) in [6.07, 6.45) is 0.500. The lowest BCUT2D eigenvalue weighted by atomic mass is 9.84. The number of carbonyl (C=O) groups is 2. The molecule has 0 saturated heterocycles. The Hall–Kier alpha value is -2.72. The first-order valence-corrected chi connectivity index (χ1v) is 10.7. The van der Waals surface area contributed by atoms with Gasteiger partial charge in [0.2, 0.25) is 0 Å². The normalized spacial score (nSPS) is 11.9. The molecule has 0 aliphatic rings. The highest BCUT2D eigenvalue weighted by Crippen LogP contribution is 2.28. The Morgan fingerprint density at radius 3 is 2.23 bits per heavy atom. The predicted octanol–water partition coefficient (Wildman–Crippen LogP) is 6.16. The van der Waals surface area contributed by atoms with Crippen LogP contribution in [0.15, 0.2) is 77.3 Å². The summed E-state index contributed by atoms with van der Waals surface area (Å²) in [5.41, 5.74) is 3.45. The maximum absolute atomic E-state index is 13.4. The number of ketones is 1. The van der Waals surface area contributed by atoms with Gasteiger partial charge in [-0.05, 0) is 41.3 Å². The molecular formula is C26H24BrO3. The lowest BCUT2D eigenvalue weighted by Gasteiger charge is -2.19. The average molecular weight is 464 g/mol. The van der Waals surface area contributed by atoms with Crippen LogP contribution < -0.4 is 0 Å². The topological polar surface area (TPSA) is 43.4 Å². The van der Waals surface area contributed by atoms with Crippen LogP contribution in [0.25, 0.3) is 0 Å². The van der Waals surface area contributed by atoms with E-state index < -0.39 is 0 Å². The molecule has 0 N–H and O–H groups in total. The van der Waals surface area contributed by atoms with E-state index in [4.69, 9.17) is 4.74 Å². The Bertz CT molecular complexity index is 997. The zero-order chi connectivity index (χ0) is 21.5. The number of ether oxygens (including phenoxy) is 1. The summed E-state index contributed by atoms with van der Waals surface area (Å²) in [7, 11) is 0. The van der Waals surface area contributed by atoms with Crippen molar-refractivity contribution in [2.45, 2.75) is 32.8 Å². The number of esters is 1. The van der Waals surface area contributed by atoms with E-state index in [1.54, 1.807) is 13.8 Å². The van der Waals surface area contributed by atoms with Gasteiger partial charge in [-0.3, -0.25) is 9.59 Å². The van der Waals surface area contributed by atoms with Crippen molar-refractivity contribution < 1.29 is 14.3 Å². The van der Waals surface area contributed by atoms with E-state index >= 15 is 0 Å². The van der Waals surface area contributed by atoms with Gasteiger partial charge in [-0.25, -0.2) is 0 Å². The van der Waals surface area contributed by atoms with E-state index in [0.717, 1.165) is 21.2 Å². The lowest BCUT2D eigenvalue weighted by Crippen LogP contribution is -2.17. The Morgan fingerprint density at radius 2 is 1.60 bits per heavy atom. The second-order valence-corrected chi connectivity index (χ2v) is 8.35. The standard InChI is InChI=1S/C26H24BrO3/c1-18(2)26(29)30-17-21-13-14-23(27)15-22(21)16-24(19-9-5-3-6-10-19)25(28)20-11-7-4-8-12-20/h3-13,15,18,24H,16-17H2,1-2H3. The maximum atomic E-state index is 13.4. The number of benzene rings is 3. The van der Waals surface area contributed by atoms with Crippen LogP contribution in [0, 0.1) is 12.0 Å². The summed E-state index contributed by atoms with van der Waals surface area (Å²) >= 11 is 3.48. The molecule has 3 rings (SSSR count). The largest absolute Gasteiger partial charge is 0.461 e. The first kappa shape index (κ1) is 22.0. The number of hydrogen-bond acceptors (Lipinski definition) is 3. The third-order valence-electron chi connectivity index (χ3n) is 4.94. The van der Waals surface area contributed by atoms with Crippen LogP contribution in [-0.2, 0) is 22.6 Å². The molecule has 0 heterocycles. The Labute approximate surface area is 186 Å². The molecule has 0 aliphatic carbocycles. The summed E-state index contributed by atoms with van der Waals surface area (Å²) in [5, 5.41) is 0. The van der Waals surface area contributed by atoms with Crippen LogP contribution in [0.1, 0.15) is 46.8 Å². The molecule has 0 aromatic heterocycles. The molecule has 0 aliphatic heterocycles. The SMILES string of the molecule is CC(C)C(=O)OCc1c[c]c(Br)cc1CC(C(=O)c1ccccc1)c1ccccc1. The smallest absolute Gasteiger partial charge is 0.308 e. The molecule has 0 amide bonds. The highest BCUT2D eigenvalue weighted by Gasteiger charge is 2.24. The number of halogens is 1. The maximum Gasteiger partial charge on any atom is 0.308 e. The molecule has 0 spiro atoms. The first-order valence-electron chi connectivity index (χ1n) is 9.95. The zero-order valence-electron chi connectivity index (χ0n) is 17.1. The van der Waals surface area contributed by atoms with Crippen LogP contribution in [0.5, 0.6) is 0 Å². The molecule has 3 nitrogen and oxygen atoms in total. The van der Waals surface area contributed by atoms with Gasteiger partial charge in [0, 0.05) is 10.0 Å². The number of hydrogen-bond donors (Lipinski definition) is 0. The van der Waals surface area contributed by atoms with Crippen LogP contribution >= 0.6 is 15.9 Å². The molecule has 1 atom stereocenters. The minimum absolute atomic E-state index is 0.0656. The second-order valence-electron chi connectivity index (χ2n) is 7.49. The van der Waals surface area contributed by atoms with Crippen LogP contribution in [0.4, 0.5) is 0 Å². The molecule has 4 heteroatoms. The molecule has 0 fully saturated rings. The van der Waals surface area contributed by atoms with Crippen LogP contribution in [0.2, 0.25) is 0 Å². The van der Waals surface area contributed by atoms with Crippen molar-refractivity contribution in [2.75, 3.05) is 0 Å². The average Bonchev–Trinajstić information content (AvgIpc) is 2.77. The van der Waals surface area contributed by atoms with E-state index in [0.29, 0.717) is 12.0 Å². The summed E-state index contributed by atoms with van der Waals surface area (Å²) in [5.74, 6) is -0.716. The summed E-state index contributed by atoms with van der Waals surface area (Å²) in [6, 6.07) is 26.0. The van der Waals surface area contributed by atoms with Gasteiger partial charge in [0.25, 0.3) is 0 Å². The van der Waals surface area contributed by atoms with Gasteiger partial charge in [-0.1, -0.05) is 90.4 Å². The first-order chi connectivity index (χ1) is 14.5. The predicted molar refractivity (Wildman–Crippen MR) is 121 cm³/mol. The quantitative estimate of drug-likeness (QED) is 0.296. The van der Waals surface area contributed by atoms with Gasteiger partial charge < -0.3 is 4.74 Å². The van der Waals surface area contributed by atoms with Gasteiger partial charge in [0.15, 0.2) is 5.78 Å². The second kappa shape index (κ2) is 10.4. The molecule has 0 saturated carbocycles. The number of Topliss-reactive ketones (excluding diaryl/α,β-unsaturated/α-hetero) is 1. The summed E-state index contributed by atoms with van der Waals surface area (Å²) < 4.78 is 6.24. The van der Waals surface area contributed by atoms with E-state index in [1.807, 2.05) is 72.8 Å². The fraction of sp³-hybridized carbons (Fsp3) is 0.231. The number of carbonyl (C=O) groups excluding carboxylic acids is 2. The van der Waals surface area contributed by atoms with Crippen molar-refractivity contribution in [1.29, 1.82) is 0 Å². The molecule has 0 bridgehead atoms. The van der Waals surface area contributed by atoms with Gasteiger partial charge in [-0.15, -0.1) is 0 Å². The molecular weight excluding hydrogens is 440 g/mol. The van der Waals surface area contributed by atoms with Gasteiger partial charge in [0.1, 0.15) is 6.61 Å². The van der Waals surface area contributed by atoms with Crippen molar-refractivity contribution >= 4 is 27.7 Å². The molecule has 153 valence electrons. The zero-order valence-corrected chi connectivity index (χ0v) is 18.7. The Morgan fingerprint density at radius 1 is 0.967 bits per heavy atom. The highest BCUT2D eigenvalue weighted by atomic mass is 79.9. The summed E-state index contributed by atoms with van der Waals surface area (Å²) in [4.78, 5) is 25.3. The lowest BCUT2D eigenvalue weighted by molar-refractivity contribution is -0.148. The van der Waals surface area contributed by atoms with Gasteiger partial charge >= 0.3 is 5.97 Å². The van der Waals surface area contributed by atoms with Crippen molar-refractivity contribution in [2.24, 2.45) is 5.92 Å². The van der Waals surface area contributed by atoms with Crippen molar-refractivity contribution in [3.8, 4) is 0 Å². The van der Waals surface area contributed by atoms with Crippen LogP contribution in [-0.4, -0.2) is 11.8 Å². The van der Waals surface area contributed by atoms with Gasteiger partial charge in [-0.2, -0.15) is 0 Å². The summed E-state index contributed by atoms with van der Waals surface area (Å²) in [6.45, 7) is 3.78. The molecule has 3 aromatic carbocycles. The van der Waals surface area contributed by atoms with Crippen molar-refractivity contribution in [1.82, 2.24) is 0 Å². The van der Waals surface area contributed by atoms with Crippen LogP contribution in [0.3, 0.4) is 0 Å². The van der Waals surface area contributed by atoms with E-state index in [2.05, 4.69) is 22.0 Å². The minimum Gasteiger partial charge on any atom is -0.461 e. The Balaban J connectivity index is 1.93. The monoisotopic (exact) mass is 463 g/mol. The fourth-order valence-electron chi connectivity index (χ4n) is 3.25. The van der Waals surface area contributed by atoms with E-state index in [-0.39, 0.29) is 30.2 Å². The molecule has 1 unspecified atom stereocenters. The third kappa shape index (κ3) is 5.67. The van der Waals surface area contributed by atoms with E-state index in [1.165, 1.54) is 0 Å².